The zero-order valence-corrected chi connectivity index (χ0v) is 7.74. The molecule has 0 unspecified atom stereocenters. The van der Waals surface area contributed by atoms with Crippen molar-refractivity contribution in [2.24, 2.45) is 0 Å². The molecule has 74 valence electrons. The highest BCUT2D eigenvalue weighted by Crippen LogP contribution is 2.36. The van der Waals surface area contributed by atoms with Crippen molar-refractivity contribution in [3.63, 3.8) is 0 Å². The van der Waals surface area contributed by atoms with Crippen molar-refractivity contribution in [2.45, 2.75) is 6.42 Å². The van der Waals surface area contributed by atoms with Gasteiger partial charge in [0.05, 0.1) is 13.7 Å². The molecule has 0 fully saturated rings. The highest BCUT2D eigenvalue weighted by atomic mass is 16.5. The maximum absolute atomic E-state index is 11.3. The lowest BCUT2D eigenvalue weighted by atomic mass is 10.1. The number of carbonyl (C=O) groups is 1. The molecule has 0 spiro atoms. The van der Waals surface area contributed by atoms with E-state index in [-0.39, 0.29) is 5.75 Å². The Bertz CT molecular complexity index is 384. The van der Waals surface area contributed by atoms with E-state index in [0.717, 1.165) is 0 Å². The van der Waals surface area contributed by atoms with Crippen LogP contribution in [0.25, 0.3) is 0 Å². The number of esters is 1. The summed E-state index contributed by atoms with van der Waals surface area (Å²) in [6.07, 6.45) is 0.631. The summed E-state index contributed by atoms with van der Waals surface area (Å²) in [6, 6.07) is 2.99. The van der Waals surface area contributed by atoms with Crippen molar-refractivity contribution in [3.8, 4) is 11.5 Å². The lowest BCUT2D eigenvalue weighted by Gasteiger charge is -2.06. The number of ether oxygens (including phenoxy) is 2. The first-order valence-corrected chi connectivity index (χ1v) is 4.30. The van der Waals surface area contributed by atoms with Crippen LogP contribution in [0.15, 0.2) is 12.1 Å². The summed E-state index contributed by atoms with van der Waals surface area (Å²) in [5.41, 5.74) is 1.06. The van der Waals surface area contributed by atoms with Crippen LogP contribution in [0, 0.1) is 0 Å². The topological polar surface area (TPSA) is 55.8 Å². The van der Waals surface area contributed by atoms with Gasteiger partial charge in [0.2, 0.25) is 0 Å². The summed E-state index contributed by atoms with van der Waals surface area (Å²) in [5, 5.41) is 9.48. The summed E-state index contributed by atoms with van der Waals surface area (Å²) in [7, 11) is 1.32. The smallest absolute Gasteiger partial charge is 0.341 e. The number of phenolic OH excluding ortho intramolecular Hbond substituents is 1. The lowest BCUT2D eigenvalue weighted by Crippen LogP contribution is -2.03. The molecule has 2 rings (SSSR count). The van der Waals surface area contributed by atoms with E-state index in [9.17, 15) is 9.90 Å². The van der Waals surface area contributed by atoms with E-state index in [1.165, 1.54) is 19.2 Å². The fraction of sp³-hybridized carbons (Fsp3) is 0.300. The number of hydrogen-bond acceptors (Lipinski definition) is 4. The van der Waals surface area contributed by atoms with E-state index in [2.05, 4.69) is 4.74 Å². The summed E-state index contributed by atoms with van der Waals surface area (Å²) >= 11 is 0. The number of hydrogen-bond donors (Lipinski definition) is 1. The molecule has 1 aliphatic rings. The van der Waals surface area contributed by atoms with Crippen molar-refractivity contribution in [2.75, 3.05) is 13.7 Å². The van der Waals surface area contributed by atoms with E-state index in [1.54, 1.807) is 0 Å². The summed E-state index contributed by atoms with van der Waals surface area (Å²) in [6.45, 7) is 0.497. The molecular formula is C10H10O4. The van der Waals surface area contributed by atoms with Gasteiger partial charge in [-0.05, 0) is 12.1 Å². The zero-order valence-electron chi connectivity index (χ0n) is 7.74. The maximum atomic E-state index is 11.3. The molecule has 0 amide bonds. The third-order valence-electron chi connectivity index (χ3n) is 2.24. The number of benzene rings is 1. The molecule has 0 aliphatic carbocycles. The fourth-order valence-electron chi connectivity index (χ4n) is 1.55. The molecule has 14 heavy (non-hydrogen) atoms. The van der Waals surface area contributed by atoms with Gasteiger partial charge in [-0.2, -0.15) is 0 Å². The lowest BCUT2D eigenvalue weighted by molar-refractivity contribution is 0.0597. The van der Waals surface area contributed by atoms with E-state index in [1.807, 2.05) is 0 Å². The molecule has 0 bridgehead atoms. The number of aromatic hydroxyl groups is 1. The monoisotopic (exact) mass is 194 g/mol. The molecule has 0 saturated heterocycles. The number of phenols is 1. The zero-order chi connectivity index (χ0) is 10.1. The van der Waals surface area contributed by atoms with Crippen molar-refractivity contribution in [1.82, 2.24) is 0 Å². The highest BCUT2D eigenvalue weighted by Gasteiger charge is 2.23. The quantitative estimate of drug-likeness (QED) is 0.680. The molecule has 1 heterocycles. The van der Waals surface area contributed by atoms with Crippen molar-refractivity contribution < 1.29 is 19.4 Å². The Morgan fingerprint density at radius 2 is 2.36 bits per heavy atom. The number of fused-ring (bicyclic) bond motifs is 1. The Labute approximate surface area is 81.1 Å². The van der Waals surface area contributed by atoms with Gasteiger partial charge in [-0.15, -0.1) is 0 Å². The minimum atomic E-state index is -0.442. The second-order valence-corrected chi connectivity index (χ2v) is 3.03. The third kappa shape index (κ3) is 1.19. The van der Waals surface area contributed by atoms with Gasteiger partial charge in [0.15, 0.2) is 0 Å². The first-order chi connectivity index (χ1) is 6.74. The minimum absolute atomic E-state index is 0.171. The van der Waals surface area contributed by atoms with Gasteiger partial charge in [0, 0.05) is 12.0 Å². The molecular weight excluding hydrogens is 184 g/mol. The molecule has 1 N–H and O–H groups in total. The van der Waals surface area contributed by atoms with Crippen molar-refractivity contribution in [3.05, 3.63) is 23.3 Å². The predicted molar refractivity (Wildman–Crippen MR) is 48.6 cm³/mol. The van der Waals surface area contributed by atoms with E-state index in [0.29, 0.717) is 29.9 Å². The molecule has 0 atom stereocenters. The highest BCUT2D eigenvalue weighted by molar-refractivity contribution is 5.93. The van der Waals surface area contributed by atoms with Gasteiger partial charge in [-0.1, -0.05) is 0 Å². The van der Waals surface area contributed by atoms with Crippen LogP contribution in [0.1, 0.15) is 15.9 Å². The summed E-state index contributed by atoms with van der Waals surface area (Å²) < 4.78 is 9.87. The number of rotatable bonds is 1. The van der Waals surface area contributed by atoms with Gasteiger partial charge in [0.25, 0.3) is 0 Å². The maximum Gasteiger partial charge on any atom is 0.341 e. The molecule has 1 aliphatic heterocycles. The van der Waals surface area contributed by atoms with Crippen LogP contribution >= 0.6 is 0 Å². The number of carbonyl (C=O) groups excluding carboxylic acids is 1. The van der Waals surface area contributed by atoms with Crippen LogP contribution < -0.4 is 4.74 Å². The van der Waals surface area contributed by atoms with Crippen molar-refractivity contribution >= 4 is 5.97 Å². The van der Waals surface area contributed by atoms with E-state index < -0.39 is 5.97 Å². The minimum Gasteiger partial charge on any atom is -0.508 e. The normalized spacial score (nSPS) is 13.2. The standard InChI is InChI=1S/C10H10O4/c1-13-10(12)7-2-3-8(11)6-4-5-14-9(6)7/h2-3,11H,4-5H2,1H3. The van der Waals surface area contributed by atoms with Gasteiger partial charge in [-0.3, -0.25) is 0 Å². The summed E-state index contributed by atoms with van der Waals surface area (Å²) in [5.74, 6) is 0.185. The Hall–Kier alpha value is -1.71. The van der Waals surface area contributed by atoms with Crippen LogP contribution in [-0.2, 0) is 11.2 Å². The SMILES string of the molecule is COC(=O)c1ccc(O)c2c1OCC2. The average molecular weight is 194 g/mol. The third-order valence-corrected chi connectivity index (χ3v) is 2.24. The van der Waals surface area contributed by atoms with Crippen LogP contribution in [0.4, 0.5) is 0 Å². The van der Waals surface area contributed by atoms with Crippen LogP contribution in [0.3, 0.4) is 0 Å². The molecule has 0 saturated carbocycles. The molecule has 4 nitrogen and oxygen atoms in total. The first-order valence-electron chi connectivity index (χ1n) is 4.30. The van der Waals surface area contributed by atoms with Gasteiger partial charge < -0.3 is 14.6 Å². The molecule has 1 aromatic carbocycles. The van der Waals surface area contributed by atoms with Crippen LogP contribution in [0.2, 0.25) is 0 Å². The Balaban J connectivity index is 2.53. The van der Waals surface area contributed by atoms with Crippen LogP contribution in [0.5, 0.6) is 11.5 Å². The molecule has 1 aromatic rings. The number of methoxy groups -OCH3 is 1. The Kier molecular flexibility index (Phi) is 2.04. The van der Waals surface area contributed by atoms with Gasteiger partial charge in [-0.25, -0.2) is 4.79 Å². The Morgan fingerprint density at radius 3 is 3.07 bits per heavy atom. The van der Waals surface area contributed by atoms with E-state index >= 15 is 0 Å². The second kappa shape index (κ2) is 3.21. The Morgan fingerprint density at radius 1 is 1.57 bits per heavy atom. The summed E-state index contributed by atoms with van der Waals surface area (Å²) in [4.78, 5) is 11.3. The molecule has 0 radical (unpaired) electrons. The molecule has 0 aromatic heterocycles. The van der Waals surface area contributed by atoms with Crippen LogP contribution in [-0.4, -0.2) is 24.8 Å². The average Bonchev–Trinajstić information content (AvgIpc) is 2.67. The largest absolute Gasteiger partial charge is 0.508 e. The molecule has 4 heteroatoms. The predicted octanol–water partition coefficient (Wildman–Crippen LogP) is 1.11. The van der Waals surface area contributed by atoms with Crippen molar-refractivity contribution in [1.29, 1.82) is 0 Å². The van der Waals surface area contributed by atoms with Gasteiger partial charge >= 0.3 is 5.97 Å². The van der Waals surface area contributed by atoms with E-state index in [4.69, 9.17) is 4.74 Å². The fourth-order valence-corrected chi connectivity index (χ4v) is 1.55. The van der Waals surface area contributed by atoms with Gasteiger partial charge in [0.1, 0.15) is 17.1 Å². The first kappa shape index (κ1) is 8.87. The second-order valence-electron chi connectivity index (χ2n) is 3.03.